The van der Waals surface area contributed by atoms with Gasteiger partial charge in [-0.05, 0) is 11.5 Å². The van der Waals surface area contributed by atoms with Crippen LogP contribution >= 0.6 is 0 Å². The molecule has 0 bridgehead atoms. The van der Waals surface area contributed by atoms with Crippen LogP contribution in [0.4, 0.5) is 0 Å². The highest BCUT2D eigenvalue weighted by atomic mass is 16.5. The van der Waals surface area contributed by atoms with Crippen LogP contribution in [0.5, 0.6) is 5.75 Å². The molecule has 1 N–H and O–H groups in total. The van der Waals surface area contributed by atoms with Crippen molar-refractivity contribution in [3.05, 3.63) is 29.3 Å². The summed E-state index contributed by atoms with van der Waals surface area (Å²) in [5.74, 6) is -0.504. The number of hydrogen-bond acceptors (Lipinski definition) is 2. The van der Waals surface area contributed by atoms with E-state index in [4.69, 9.17) is 9.84 Å². The second kappa shape index (κ2) is 3.93. The maximum absolute atomic E-state index is 11.0. The summed E-state index contributed by atoms with van der Waals surface area (Å²) in [6, 6.07) is 5.19. The third-order valence-corrected chi connectivity index (χ3v) is 2.26. The monoisotopic (exact) mass is 208 g/mol. The van der Waals surface area contributed by atoms with Gasteiger partial charge in [0.1, 0.15) is 11.3 Å². The van der Waals surface area contributed by atoms with Crippen molar-refractivity contribution < 1.29 is 14.6 Å². The summed E-state index contributed by atoms with van der Waals surface area (Å²) in [5, 5.41) is 9.01. The molecule has 1 aromatic carbocycles. The summed E-state index contributed by atoms with van der Waals surface area (Å²) >= 11 is 0. The van der Waals surface area contributed by atoms with E-state index in [-0.39, 0.29) is 11.0 Å². The fourth-order valence-electron chi connectivity index (χ4n) is 1.52. The molecule has 0 aliphatic heterocycles. The smallest absolute Gasteiger partial charge is 0.339 e. The average Bonchev–Trinajstić information content (AvgIpc) is 2.15. The van der Waals surface area contributed by atoms with Crippen molar-refractivity contribution in [1.82, 2.24) is 0 Å². The van der Waals surface area contributed by atoms with Crippen LogP contribution in [0.1, 0.15) is 36.7 Å². The van der Waals surface area contributed by atoms with Crippen LogP contribution in [-0.4, -0.2) is 18.2 Å². The molecule has 0 saturated carbocycles. The summed E-state index contributed by atoms with van der Waals surface area (Å²) < 4.78 is 5.18. The molecule has 0 aliphatic carbocycles. The Kier molecular flexibility index (Phi) is 3.03. The van der Waals surface area contributed by atoms with Crippen molar-refractivity contribution in [1.29, 1.82) is 0 Å². The van der Waals surface area contributed by atoms with Crippen molar-refractivity contribution in [2.24, 2.45) is 0 Å². The number of hydrogen-bond donors (Lipinski definition) is 1. The van der Waals surface area contributed by atoms with E-state index in [0.717, 1.165) is 5.56 Å². The van der Waals surface area contributed by atoms with E-state index in [2.05, 4.69) is 0 Å². The number of methoxy groups -OCH3 is 1. The first-order valence-corrected chi connectivity index (χ1v) is 4.78. The zero-order chi connectivity index (χ0) is 11.6. The highest BCUT2D eigenvalue weighted by Crippen LogP contribution is 2.33. The molecule has 0 heterocycles. The number of ether oxygens (including phenoxy) is 1. The first kappa shape index (κ1) is 11.6. The van der Waals surface area contributed by atoms with Gasteiger partial charge >= 0.3 is 5.97 Å². The molecule has 15 heavy (non-hydrogen) atoms. The zero-order valence-corrected chi connectivity index (χ0v) is 9.50. The molecule has 0 atom stereocenters. The van der Waals surface area contributed by atoms with E-state index in [0.29, 0.717) is 5.75 Å². The third-order valence-electron chi connectivity index (χ3n) is 2.26. The predicted molar refractivity (Wildman–Crippen MR) is 58.7 cm³/mol. The Labute approximate surface area is 89.7 Å². The van der Waals surface area contributed by atoms with E-state index in [1.807, 2.05) is 26.8 Å². The van der Waals surface area contributed by atoms with Crippen LogP contribution in [-0.2, 0) is 5.41 Å². The Hall–Kier alpha value is -1.51. The topological polar surface area (TPSA) is 46.5 Å². The molecule has 0 aromatic heterocycles. The summed E-state index contributed by atoms with van der Waals surface area (Å²) in [4.78, 5) is 11.0. The van der Waals surface area contributed by atoms with E-state index in [1.165, 1.54) is 7.11 Å². The van der Waals surface area contributed by atoms with Crippen LogP contribution in [0.15, 0.2) is 18.2 Å². The van der Waals surface area contributed by atoms with Crippen LogP contribution in [0.2, 0.25) is 0 Å². The molecule has 0 fully saturated rings. The van der Waals surface area contributed by atoms with Crippen molar-refractivity contribution in [3.63, 3.8) is 0 Å². The van der Waals surface area contributed by atoms with Gasteiger partial charge in [0.05, 0.1) is 7.11 Å². The second-order valence-electron chi connectivity index (χ2n) is 4.44. The van der Waals surface area contributed by atoms with Gasteiger partial charge in [-0.1, -0.05) is 32.9 Å². The zero-order valence-electron chi connectivity index (χ0n) is 9.50. The summed E-state index contributed by atoms with van der Waals surface area (Å²) in [7, 11) is 1.50. The summed E-state index contributed by atoms with van der Waals surface area (Å²) in [6.45, 7) is 6.07. The van der Waals surface area contributed by atoms with E-state index in [9.17, 15) is 4.79 Å². The molecule has 1 rings (SSSR count). The minimum absolute atomic E-state index is 0.128. The molecule has 1 aromatic rings. The lowest BCUT2D eigenvalue weighted by molar-refractivity contribution is 0.0693. The van der Waals surface area contributed by atoms with Gasteiger partial charge in [0.25, 0.3) is 0 Å². The number of rotatable bonds is 2. The lowest BCUT2D eigenvalue weighted by atomic mass is 9.85. The molecule has 0 unspecified atom stereocenters. The van der Waals surface area contributed by atoms with Gasteiger partial charge < -0.3 is 9.84 Å². The van der Waals surface area contributed by atoms with Crippen molar-refractivity contribution >= 4 is 5.97 Å². The fraction of sp³-hybridized carbons (Fsp3) is 0.417. The Morgan fingerprint density at radius 2 is 1.93 bits per heavy atom. The largest absolute Gasteiger partial charge is 0.496 e. The fourth-order valence-corrected chi connectivity index (χ4v) is 1.52. The quantitative estimate of drug-likeness (QED) is 0.812. The van der Waals surface area contributed by atoms with E-state index < -0.39 is 5.97 Å². The number of benzene rings is 1. The molecule has 0 spiro atoms. The molecular formula is C12H16O3. The van der Waals surface area contributed by atoms with Crippen molar-refractivity contribution in [2.45, 2.75) is 26.2 Å². The molecule has 0 amide bonds. The Balaban J connectivity index is 3.42. The van der Waals surface area contributed by atoms with Crippen LogP contribution in [0.25, 0.3) is 0 Å². The molecule has 0 saturated heterocycles. The van der Waals surface area contributed by atoms with Gasteiger partial charge in [-0.2, -0.15) is 0 Å². The second-order valence-corrected chi connectivity index (χ2v) is 4.44. The Morgan fingerprint density at radius 1 is 1.33 bits per heavy atom. The maximum atomic E-state index is 11.0. The summed E-state index contributed by atoms with van der Waals surface area (Å²) in [5.41, 5.74) is 0.992. The van der Waals surface area contributed by atoms with Gasteiger partial charge in [0.15, 0.2) is 0 Å². The molecule has 3 nitrogen and oxygen atoms in total. The molecule has 82 valence electrons. The average molecular weight is 208 g/mol. The Morgan fingerprint density at radius 3 is 2.33 bits per heavy atom. The van der Waals surface area contributed by atoms with Gasteiger partial charge in [-0.25, -0.2) is 4.79 Å². The molecule has 3 heteroatoms. The highest BCUT2D eigenvalue weighted by Gasteiger charge is 2.22. The molecule has 0 radical (unpaired) electrons. The standard InChI is InChI=1S/C12H16O3/c1-12(2,3)9-7-5-6-8(11(13)14)10(9)15-4/h5-7H,1-4H3,(H,13,14). The summed E-state index contributed by atoms with van der Waals surface area (Å²) in [6.07, 6.45) is 0. The SMILES string of the molecule is COc1c(C(=O)O)cccc1C(C)(C)C. The number of aromatic carboxylic acids is 1. The minimum Gasteiger partial charge on any atom is -0.496 e. The number of para-hydroxylation sites is 1. The van der Waals surface area contributed by atoms with Gasteiger partial charge in [0.2, 0.25) is 0 Å². The first-order valence-electron chi connectivity index (χ1n) is 4.78. The number of carboxylic acid groups (broad SMARTS) is 1. The van der Waals surface area contributed by atoms with Crippen LogP contribution < -0.4 is 4.74 Å². The van der Waals surface area contributed by atoms with Crippen molar-refractivity contribution in [2.75, 3.05) is 7.11 Å². The molecular weight excluding hydrogens is 192 g/mol. The van der Waals surface area contributed by atoms with E-state index >= 15 is 0 Å². The van der Waals surface area contributed by atoms with Gasteiger partial charge in [-0.15, -0.1) is 0 Å². The first-order chi connectivity index (χ1) is 6.88. The van der Waals surface area contributed by atoms with Gasteiger partial charge in [0, 0.05) is 5.56 Å². The lowest BCUT2D eigenvalue weighted by Crippen LogP contribution is -2.15. The highest BCUT2D eigenvalue weighted by molar-refractivity contribution is 5.91. The van der Waals surface area contributed by atoms with Crippen LogP contribution in [0.3, 0.4) is 0 Å². The van der Waals surface area contributed by atoms with E-state index in [1.54, 1.807) is 12.1 Å². The molecule has 0 aliphatic rings. The third kappa shape index (κ3) is 2.29. The van der Waals surface area contributed by atoms with Crippen LogP contribution in [0, 0.1) is 0 Å². The lowest BCUT2D eigenvalue weighted by Gasteiger charge is -2.22. The van der Waals surface area contributed by atoms with Crippen molar-refractivity contribution in [3.8, 4) is 5.75 Å². The Bertz CT molecular complexity index is 375. The maximum Gasteiger partial charge on any atom is 0.339 e. The predicted octanol–water partition coefficient (Wildman–Crippen LogP) is 2.69. The minimum atomic E-state index is -0.960. The van der Waals surface area contributed by atoms with Gasteiger partial charge in [-0.3, -0.25) is 0 Å². The number of carboxylic acids is 1. The number of carbonyl (C=O) groups is 1. The normalized spacial score (nSPS) is 11.2.